The number of carbonyl (C=O) groups excluding carboxylic acids is 2. The summed E-state index contributed by atoms with van der Waals surface area (Å²) in [5, 5.41) is 13.4. The molecule has 3 aromatic rings. The van der Waals surface area contributed by atoms with Gasteiger partial charge in [0.25, 0.3) is 5.78 Å². The number of aliphatic hydroxyl groups excluding tert-OH is 1. The van der Waals surface area contributed by atoms with Crippen LogP contribution in [0.4, 0.5) is 5.13 Å². The largest absolute Gasteiger partial charge is 0.507 e. The number of ether oxygens (including phenoxy) is 3. The van der Waals surface area contributed by atoms with Crippen molar-refractivity contribution in [3.8, 4) is 17.2 Å². The predicted octanol–water partition coefficient (Wildman–Crippen LogP) is 5.11. The average molecular weight is 507 g/mol. The average Bonchev–Trinajstić information content (AvgIpc) is 3.53. The second-order valence-corrected chi connectivity index (χ2v) is 9.34. The summed E-state index contributed by atoms with van der Waals surface area (Å²) in [6, 6.07) is 11.3. The first kappa shape index (κ1) is 23.9. The quantitative estimate of drug-likeness (QED) is 0.196. The van der Waals surface area contributed by atoms with E-state index in [1.54, 1.807) is 29.8 Å². The van der Waals surface area contributed by atoms with Crippen LogP contribution in [0.15, 0.2) is 59.6 Å². The van der Waals surface area contributed by atoms with Gasteiger partial charge in [-0.05, 0) is 42.3 Å². The summed E-state index contributed by atoms with van der Waals surface area (Å²) in [5.41, 5.74) is 1.00. The number of anilines is 1. The summed E-state index contributed by atoms with van der Waals surface area (Å²) < 4.78 is 17.0. The van der Waals surface area contributed by atoms with E-state index in [1.165, 1.54) is 16.2 Å². The van der Waals surface area contributed by atoms with Gasteiger partial charge in [0.2, 0.25) is 0 Å². The molecule has 0 bridgehead atoms. The van der Waals surface area contributed by atoms with Crippen LogP contribution in [0.1, 0.15) is 43.4 Å². The molecule has 2 aliphatic rings. The molecule has 1 unspecified atom stereocenters. The van der Waals surface area contributed by atoms with Crippen molar-refractivity contribution in [3.63, 3.8) is 0 Å². The van der Waals surface area contributed by atoms with Gasteiger partial charge in [-0.25, -0.2) is 4.98 Å². The molecule has 186 valence electrons. The van der Waals surface area contributed by atoms with E-state index in [4.69, 9.17) is 14.2 Å². The van der Waals surface area contributed by atoms with E-state index in [2.05, 4.69) is 11.9 Å². The molecule has 1 saturated heterocycles. The Morgan fingerprint density at radius 3 is 2.61 bits per heavy atom. The lowest BCUT2D eigenvalue weighted by molar-refractivity contribution is -0.132. The highest BCUT2D eigenvalue weighted by Gasteiger charge is 2.48. The summed E-state index contributed by atoms with van der Waals surface area (Å²) in [5.74, 6) is -0.0636. The van der Waals surface area contributed by atoms with Gasteiger partial charge in [-0.3, -0.25) is 14.5 Å². The molecular weight excluding hydrogens is 480 g/mol. The Labute approximate surface area is 212 Å². The third-order valence-corrected chi connectivity index (χ3v) is 6.87. The van der Waals surface area contributed by atoms with Gasteiger partial charge in [-0.2, -0.15) is 0 Å². The lowest BCUT2D eigenvalue weighted by Crippen LogP contribution is -2.29. The molecule has 1 aromatic heterocycles. The number of carbonyl (C=O) groups is 2. The van der Waals surface area contributed by atoms with Gasteiger partial charge < -0.3 is 19.3 Å². The van der Waals surface area contributed by atoms with Crippen LogP contribution in [0, 0.1) is 0 Å². The van der Waals surface area contributed by atoms with Gasteiger partial charge >= 0.3 is 5.91 Å². The van der Waals surface area contributed by atoms with Crippen LogP contribution in [-0.4, -0.2) is 41.6 Å². The zero-order valence-electron chi connectivity index (χ0n) is 19.8. The van der Waals surface area contributed by atoms with Crippen molar-refractivity contribution in [2.24, 2.45) is 0 Å². The normalized spacial score (nSPS) is 18.5. The molecule has 2 aromatic carbocycles. The third-order valence-electron chi connectivity index (χ3n) is 6.10. The minimum atomic E-state index is -0.849. The highest BCUT2D eigenvalue weighted by atomic mass is 32.1. The van der Waals surface area contributed by atoms with Crippen molar-refractivity contribution in [2.45, 2.75) is 32.2 Å². The van der Waals surface area contributed by atoms with Gasteiger partial charge in [0, 0.05) is 17.1 Å². The zero-order valence-corrected chi connectivity index (χ0v) is 20.6. The van der Waals surface area contributed by atoms with Crippen molar-refractivity contribution in [1.29, 1.82) is 0 Å². The number of rotatable bonds is 8. The number of aliphatic hydroxyl groups is 1. The number of benzene rings is 2. The first-order valence-electron chi connectivity index (χ1n) is 11.9. The first-order valence-corrected chi connectivity index (χ1v) is 12.8. The van der Waals surface area contributed by atoms with Gasteiger partial charge in [-0.1, -0.05) is 31.9 Å². The third kappa shape index (κ3) is 4.54. The molecule has 0 radical (unpaired) electrons. The number of fused-ring (bicyclic) bond motifs is 1. The van der Waals surface area contributed by atoms with E-state index in [0.29, 0.717) is 53.3 Å². The standard InChI is InChI=1S/C27H26N2O6S/c1-2-3-4-12-33-19-8-5-17(6-9-19)23-22(25(31)26(32)29(23)27-28-11-15-36-27)24(30)18-7-10-20-21(16-18)35-14-13-34-20/h5-11,15-16,23,30H,2-4,12-14H2,1H3/b24-22+. The molecule has 9 heteroatoms. The van der Waals surface area contributed by atoms with Crippen molar-refractivity contribution in [1.82, 2.24) is 4.98 Å². The van der Waals surface area contributed by atoms with Crippen LogP contribution in [0.5, 0.6) is 17.2 Å². The molecule has 0 spiro atoms. The van der Waals surface area contributed by atoms with Crippen LogP contribution in [0.3, 0.4) is 0 Å². The SMILES string of the molecule is CCCCCOc1ccc(C2/C(=C(\O)c3ccc4c(c3)OCCO4)C(=O)C(=O)N2c2nccs2)cc1. The lowest BCUT2D eigenvalue weighted by Gasteiger charge is -2.23. The van der Waals surface area contributed by atoms with E-state index < -0.39 is 17.7 Å². The molecule has 1 fully saturated rings. The fraction of sp³-hybridized carbons (Fsp3) is 0.296. The highest BCUT2D eigenvalue weighted by molar-refractivity contribution is 7.14. The summed E-state index contributed by atoms with van der Waals surface area (Å²) in [6.07, 6.45) is 4.75. The molecular formula is C27H26N2O6S. The minimum absolute atomic E-state index is 0.0107. The Kier molecular flexibility index (Phi) is 6.90. The Hall–Kier alpha value is -3.85. The van der Waals surface area contributed by atoms with Crippen molar-refractivity contribution >= 4 is 33.9 Å². The Morgan fingerprint density at radius 1 is 1.11 bits per heavy atom. The first-order chi connectivity index (χ1) is 17.6. The number of nitrogens with zero attached hydrogens (tertiary/aromatic N) is 2. The molecule has 1 N–H and O–H groups in total. The summed E-state index contributed by atoms with van der Waals surface area (Å²) in [6.45, 7) is 3.58. The number of ketones is 1. The van der Waals surface area contributed by atoms with Gasteiger partial charge in [0.05, 0.1) is 18.2 Å². The number of unbranched alkanes of at least 4 members (excludes halogenated alkanes) is 2. The predicted molar refractivity (Wildman–Crippen MR) is 136 cm³/mol. The molecule has 0 saturated carbocycles. The number of hydrogen-bond acceptors (Lipinski definition) is 8. The van der Waals surface area contributed by atoms with Crippen molar-refractivity contribution < 1.29 is 28.9 Å². The van der Waals surface area contributed by atoms with Crippen LogP contribution >= 0.6 is 11.3 Å². The van der Waals surface area contributed by atoms with Crippen LogP contribution < -0.4 is 19.1 Å². The smallest absolute Gasteiger partial charge is 0.301 e. The fourth-order valence-electron chi connectivity index (χ4n) is 4.31. The summed E-state index contributed by atoms with van der Waals surface area (Å²) >= 11 is 1.25. The monoisotopic (exact) mass is 506 g/mol. The minimum Gasteiger partial charge on any atom is -0.507 e. The maximum atomic E-state index is 13.3. The van der Waals surface area contributed by atoms with E-state index >= 15 is 0 Å². The molecule has 0 aliphatic carbocycles. The van der Waals surface area contributed by atoms with Gasteiger partial charge in [0.15, 0.2) is 16.6 Å². The maximum absolute atomic E-state index is 13.3. The Morgan fingerprint density at radius 2 is 1.89 bits per heavy atom. The van der Waals surface area contributed by atoms with Crippen LogP contribution in [0.2, 0.25) is 0 Å². The molecule has 8 nitrogen and oxygen atoms in total. The van der Waals surface area contributed by atoms with E-state index in [1.807, 2.05) is 24.3 Å². The van der Waals surface area contributed by atoms with E-state index in [-0.39, 0.29) is 11.3 Å². The topological polar surface area (TPSA) is 98.2 Å². The Balaban J connectivity index is 1.54. The Bertz CT molecular complexity index is 1290. The number of aromatic nitrogens is 1. The van der Waals surface area contributed by atoms with E-state index in [9.17, 15) is 14.7 Å². The number of amides is 1. The van der Waals surface area contributed by atoms with Crippen molar-refractivity contribution in [2.75, 3.05) is 24.7 Å². The second-order valence-electron chi connectivity index (χ2n) is 8.47. The molecule has 2 aliphatic heterocycles. The number of Topliss-reactive ketones (excluding diaryl/α,β-unsaturated/α-hetero) is 1. The molecule has 3 heterocycles. The van der Waals surface area contributed by atoms with Crippen LogP contribution in [-0.2, 0) is 9.59 Å². The molecule has 36 heavy (non-hydrogen) atoms. The summed E-state index contributed by atoms with van der Waals surface area (Å²) in [4.78, 5) is 32.0. The van der Waals surface area contributed by atoms with Gasteiger partial charge in [0.1, 0.15) is 24.7 Å². The molecule has 5 rings (SSSR count). The number of hydrogen-bond donors (Lipinski definition) is 1. The number of thiazole rings is 1. The van der Waals surface area contributed by atoms with E-state index in [0.717, 1.165) is 19.3 Å². The lowest BCUT2D eigenvalue weighted by atomic mass is 9.95. The highest BCUT2D eigenvalue weighted by Crippen LogP contribution is 2.44. The zero-order chi connectivity index (χ0) is 25.1. The maximum Gasteiger partial charge on any atom is 0.301 e. The summed E-state index contributed by atoms with van der Waals surface area (Å²) in [7, 11) is 0. The second kappa shape index (κ2) is 10.4. The van der Waals surface area contributed by atoms with Crippen LogP contribution in [0.25, 0.3) is 5.76 Å². The molecule has 1 atom stereocenters. The molecule has 1 amide bonds. The van der Waals surface area contributed by atoms with Crippen molar-refractivity contribution in [3.05, 3.63) is 70.7 Å². The van der Waals surface area contributed by atoms with Gasteiger partial charge in [-0.15, -0.1) is 11.3 Å². The fourth-order valence-corrected chi connectivity index (χ4v) is 4.98.